The molecule has 2 saturated carbocycles. The highest BCUT2D eigenvalue weighted by molar-refractivity contribution is 6.29. The summed E-state index contributed by atoms with van der Waals surface area (Å²) in [7, 11) is 0. The summed E-state index contributed by atoms with van der Waals surface area (Å²) in [4.78, 5) is 4.25. The molecule has 3 heteroatoms. The molecule has 2 nitrogen and oxygen atoms in total. The van der Waals surface area contributed by atoms with Gasteiger partial charge in [-0.1, -0.05) is 24.1 Å². The van der Waals surface area contributed by atoms with Crippen molar-refractivity contribution < 1.29 is 0 Å². The van der Waals surface area contributed by atoms with Crippen LogP contribution in [0.2, 0.25) is 5.15 Å². The fourth-order valence-corrected chi connectivity index (χ4v) is 3.53. The van der Waals surface area contributed by atoms with Crippen molar-refractivity contribution in [3.8, 4) is 0 Å². The minimum absolute atomic E-state index is 0.568. The highest BCUT2D eigenvalue weighted by atomic mass is 35.5. The molecule has 2 bridgehead atoms. The summed E-state index contributed by atoms with van der Waals surface area (Å²) in [6.45, 7) is 1.06. The molecule has 3 rings (SSSR count). The van der Waals surface area contributed by atoms with Gasteiger partial charge in [0.05, 0.1) is 0 Å². The smallest absolute Gasteiger partial charge is 0.131 e. The quantitative estimate of drug-likeness (QED) is 0.812. The normalized spacial score (nSPS) is 31.9. The minimum atomic E-state index is 0.568. The molecule has 2 fully saturated rings. The van der Waals surface area contributed by atoms with E-state index in [2.05, 4.69) is 10.3 Å². The molecular formula is C13H17ClN2. The third-order valence-electron chi connectivity index (χ3n) is 4.15. The predicted molar refractivity (Wildman–Crippen MR) is 66.7 cm³/mol. The standard InChI is InChI=1S/C13H17ClN2/c14-12-2-1-3-13(16-12)15-8-11-7-9-4-5-10(11)6-9/h1-3,9-11H,4-8H2,(H,15,16). The number of aromatic nitrogens is 1. The van der Waals surface area contributed by atoms with E-state index < -0.39 is 0 Å². The second kappa shape index (κ2) is 4.25. The van der Waals surface area contributed by atoms with Gasteiger partial charge in [-0.25, -0.2) is 4.98 Å². The molecule has 0 radical (unpaired) electrons. The third kappa shape index (κ3) is 2.03. The molecule has 2 aliphatic rings. The number of nitrogens with one attached hydrogen (secondary N) is 1. The molecule has 0 aliphatic heterocycles. The van der Waals surface area contributed by atoms with E-state index in [-0.39, 0.29) is 0 Å². The van der Waals surface area contributed by atoms with Gasteiger partial charge in [0.1, 0.15) is 11.0 Å². The molecule has 1 aromatic heterocycles. The van der Waals surface area contributed by atoms with Crippen LogP contribution in [0.4, 0.5) is 5.82 Å². The van der Waals surface area contributed by atoms with Crippen LogP contribution < -0.4 is 5.32 Å². The number of hydrogen-bond acceptors (Lipinski definition) is 2. The largest absolute Gasteiger partial charge is 0.370 e. The maximum Gasteiger partial charge on any atom is 0.131 e. The monoisotopic (exact) mass is 236 g/mol. The Labute approximate surface area is 101 Å². The van der Waals surface area contributed by atoms with Crippen LogP contribution in [0.3, 0.4) is 0 Å². The first-order chi connectivity index (χ1) is 7.81. The number of fused-ring (bicyclic) bond motifs is 2. The first-order valence-electron chi connectivity index (χ1n) is 6.17. The summed E-state index contributed by atoms with van der Waals surface area (Å²) in [6.07, 6.45) is 5.80. The Hall–Kier alpha value is -0.760. The average Bonchev–Trinajstić information content (AvgIpc) is 2.88. The minimum Gasteiger partial charge on any atom is -0.370 e. The molecular weight excluding hydrogens is 220 g/mol. The van der Waals surface area contributed by atoms with E-state index in [1.807, 2.05) is 18.2 Å². The van der Waals surface area contributed by atoms with E-state index in [0.717, 1.165) is 30.1 Å². The van der Waals surface area contributed by atoms with Crippen LogP contribution in [-0.4, -0.2) is 11.5 Å². The van der Waals surface area contributed by atoms with E-state index in [1.165, 1.54) is 25.7 Å². The molecule has 0 spiro atoms. The van der Waals surface area contributed by atoms with Gasteiger partial charge >= 0.3 is 0 Å². The Kier molecular flexibility index (Phi) is 2.76. The van der Waals surface area contributed by atoms with Crippen molar-refractivity contribution in [2.45, 2.75) is 25.7 Å². The fraction of sp³-hybridized carbons (Fsp3) is 0.615. The fourth-order valence-electron chi connectivity index (χ4n) is 3.37. The van der Waals surface area contributed by atoms with Crippen LogP contribution in [0, 0.1) is 17.8 Å². The highest BCUT2D eigenvalue weighted by Crippen LogP contribution is 2.48. The Morgan fingerprint density at radius 1 is 1.31 bits per heavy atom. The maximum atomic E-state index is 5.85. The number of anilines is 1. The predicted octanol–water partition coefficient (Wildman–Crippen LogP) is 3.58. The lowest BCUT2D eigenvalue weighted by molar-refractivity contribution is 0.348. The average molecular weight is 237 g/mol. The van der Waals surface area contributed by atoms with Crippen LogP contribution in [0.1, 0.15) is 25.7 Å². The summed E-state index contributed by atoms with van der Waals surface area (Å²) in [5.74, 6) is 3.76. The lowest BCUT2D eigenvalue weighted by atomic mass is 9.89. The maximum absolute atomic E-state index is 5.85. The van der Waals surface area contributed by atoms with Crippen molar-refractivity contribution in [3.63, 3.8) is 0 Å². The topological polar surface area (TPSA) is 24.9 Å². The zero-order valence-corrected chi connectivity index (χ0v) is 10.1. The first kappa shape index (κ1) is 10.4. The number of rotatable bonds is 3. The summed E-state index contributed by atoms with van der Waals surface area (Å²) in [6, 6.07) is 5.74. The molecule has 1 aromatic rings. The van der Waals surface area contributed by atoms with Gasteiger partial charge in [-0.15, -0.1) is 0 Å². The van der Waals surface area contributed by atoms with Gasteiger partial charge in [0.25, 0.3) is 0 Å². The van der Waals surface area contributed by atoms with E-state index in [9.17, 15) is 0 Å². The summed E-state index contributed by atoms with van der Waals surface area (Å²) in [5.41, 5.74) is 0. The number of hydrogen-bond donors (Lipinski definition) is 1. The molecule has 0 saturated heterocycles. The van der Waals surface area contributed by atoms with Gasteiger partial charge in [-0.3, -0.25) is 0 Å². The van der Waals surface area contributed by atoms with Crippen molar-refractivity contribution in [1.82, 2.24) is 4.98 Å². The second-order valence-electron chi connectivity index (χ2n) is 5.16. The van der Waals surface area contributed by atoms with Gasteiger partial charge in [0, 0.05) is 6.54 Å². The lowest BCUT2D eigenvalue weighted by Crippen LogP contribution is -2.20. The number of nitrogens with zero attached hydrogens (tertiary/aromatic N) is 1. The summed E-state index contributed by atoms with van der Waals surface area (Å²) < 4.78 is 0. The lowest BCUT2D eigenvalue weighted by Gasteiger charge is -2.22. The molecule has 16 heavy (non-hydrogen) atoms. The summed E-state index contributed by atoms with van der Waals surface area (Å²) in [5, 5.41) is 3.98. The molecule has 3 atom stereocenters. The second-order valence-corrected chi connectivity index (χ2v) is 5.55. The summed E-state index contributed by atoms with van der Waals surface area (Å²) >= 11 is 5.85. The van der Waals surface area contributed by atoms with Crippen molar-refractivity contribution in [3.05, 3.63) is 23.4 Å². The van der Waals surface area contributed by atoms with Gasteiger partial charge in [0.2, 0.25) is 0 Å². The van der Waals surface area contributed by atoms with Crippen LogP contribution >= 0.6 is 11.6 Å². The Balaban J connectivity index is 1.57. The van der Waals surface area contributed by atoms with Crippen molar-refractivity contribution in [2.75, 3.05) is 11.9 Å². The first-order valence-corrected chi connectivity index (χ1v) is 6.55. The zero-order valence-electron chi connectivity index (χ0n) is 9.32. The Morgan fingerprint density at radius 3 is 2.94 bits per heavy atom. The van der Waals surface area contributed by atoms with Gasteiger partial charge in [-0.2, -0.15) is 0 Å². The van der Waals surface area contributed by atoms with Gasteiger partial charge in [0.15, 0.2) is 0 Å². The zero-order chi connectivity index (χ0) is 11.0. The van der Waals surface area contributed by atoms with E-state index >= 15 is 0 Å². The van der Waals surface area contributed by atoms with Crippen molar-refractivity contribution >= 4 is 17.4 Å². The number of pyridine rings is 1. The van der Waals surface area contributed by atoms with Crippen molar-refractivity contribution in [2.24, 2.45) is 17.8 Å². The van der Waals surface area contributed by atoms with Crippen LogP contribution in [-0.2, 0) is 0 Å². The van der Waals surface area contributed by atoms with E-state index in [1.54, 1.807) is 0 Å². The number of halogens is 1. The van der Waals surface area contributed by atoms with Gasteiger partial charge < -0.3 is 5.32 Å². The highest BCUT2D eigenvalue weighted by Gasteiger charge is 2.38. The molecule has 1 heterocycles. The molecule has 86 valence electrons. The molecule has 3 unspecified atom stereocenters. The Bertz CT molecular complexity index is 380. The van der Waals surface area contributed by atoms with Crippen LogP contribution in [0.5, 0.6) is 0 Å². The SMILES string of the molecule is Clc1cccc(NCC2CC3CCC2C3)n1. The van der Waals surface area contributed by atoms with Crippen LogP contribution in [0.15, 0.2) is 18.2 Å². The van der Waals surface area contributed by atoms with Crippen molar-refractivity contribution in [1.29, 1.82) is 0 Å². The molecule has 0 amide bonds. The third-order valence-corrected chi connectivity index (χ3v) is 4.36. The van der Waals surface area contributed by atoms with E-state index in [0.29, 0.717) is 5.15 Å². The molecule has 1 N–H and O–H groups in total. The molecule has 2 aliphatic carbocycles. The van der Waals surface area contributed by atoms with Gasteiger partial charge in [-0.05, 0) is 49.1 Å². The molecule has 0 aromatic carbocycles. The van der Waals surface area contributed by atoms with Crippen LogP contribution in [0.25, 0.3) is 0 Å². The Morgan fingerprint density at radius 2 is 2.25 bits per heavy atom. The van der Waals surface area contributed by atoms with E-state index in [4.69, 9.17) is 11.6 Å².